The normalized spacial score (nSPS) is 20.1. The summed E-state index contributed by atoms with van der Waals surface area (Å²) in [4.78, 5) is 7.27. The molecule has 4 heteroatoms. The van der Waals surface area contributed by atoms with Crippen LogP contribution in [0.3, 0.4) is 0 Å². The van der Waals surface area contributed by atoms with Crippen LogP contribution in [0.25, 0.3) is 21.0 Å². The number of hydrogen-bond acceptors (Lipinski definition) is 4. The first kappa shape index (κ1) is 12.3. The zero-order chi connectivity index (χ0) is 13.5. The van der Waals surface area contributed by atoms with Gasteiger partial charge in [-0.2, -0.15) is 0 Å². The third-order valence-corrected chi connectivity index (χ3v) is 5.00. The van der Waals surface area contributed by atoms with Crippen LogP contribution < -0.4 is 5.73 Å². The molecule has 20 heavy (non-hydrogen) atoms. The number of benzene rings is 2. The molecule has 0 spiro atoms. The molecule has 0 radical (unpaired) electrons. The van der Waals surface area contributed by atoms with Crippen molar-refractivity contribution < 1.29 is 0 Å². The van der Waals surface area contributed by atoms with Crippen molar-refractivity contribution in [2.24, 2.45) is 5.73 Å². The second-order valence-corrected chi connectivity index (χ2v) is 6.64. The van der Waals surface area contributed by atoms with Crippen LogP contribution in [-0.2, 0) is 6.54 Å². The number of nitrogens with zero attached hydrogens (tertiary/aromatic N) is 2. The monoisotopic (exact) mass is 283 g/mol. The molecule has 2 N–H and O–H groups in total. The molecule has 3 aromatic rings. The molecule has 2 aromatic carbocycles. The highest BCUT2D eigenvalue weighted by atomic mass is 32.1. The number of hydrogen-bond donors (Lipinski definition) is 1. The zero-order valence-corrected chi connectivity index (χ0v) is 12.1. The van der Waals surface area contributed by atoms with Crippen LogP contribution in [0.5, 0.6) is 0 Å². The zero-order valence-electron chi connectivity index (χ0n) is 11.2. The highest BCUT2D eigenvalue weighted by Gasteiger charge is 2.20. The van der Waals surface area contributed by atoms with Gasteiger partial charge < -0.3 is 5.73 Å². The Morgan fingerprint density at radius 3 is 3.00 bits per heavy atom. The minimum atomic E-state index is 0.338. The maximum absolute atomic E-state index is 5.97. The Hall–Kier alpha value is -1.49. The van der Waals surface area contributed by atoms with Crippen molar-refractivity contribution in [1.82, 2.24) is 9.88 Å². The summed E-state index contributed by atoms with van der Waals surface area (Å²) in [5.74, 6) is 0. The van der Waals surface area contributed by atoms with Crippen molar-refractivity contribution in [1.29, 1.82) is 0 Å². The Balaban J connectivity index is 1.73. The quantitative estimate of drug-likeness (QED) is 0.786. The van der Waals surface area contributed by atoms with Gasteiger partial charge in [-0.05, 0) is 17.9 Å². The molecule has 0 bridgehead atoms. The lowest BCUT2D eigenvalue weighted by Crippen LogP contribution is -2.26. The maximum Gasteiger partial charge on any atom is 0.108 e. The lowest BCUT2D eigenvalue weighted by Gasteiger charge is -2.12. The molecule has 4 rings (SSSR count). The minimum Gasteiger partial charge on any atom is -0.326 e. The average Bonchev–Trinajstić information content (AvgIpc) is 3.05. The Bertz CT molecular complexity index is 765. The van der Waals surface area contributed by atoms with Gasteiger partial charge in [0, 0.05) is 24.5 Å². The van der Waals surface area contributed by atoms with Crippen LogP contribution in [-0.4, -0.2) is 29.0 Å². The summed E-state index contributed by atoms with van der Waals surface area (Å²) in [6, 6.07) is 13.2. The topological polar surface area (TPSA) is 42.1 Å². The summed E-state index contributed by atoms with van der Waals surface area (Å²) in [5.41, 5.74) is 7.11. The van der Waals surface area contributed by atoms with E-state index < -0.39 is 0 Å². The van der Waals surface area contributed by atoms with Crippen LogP contribution in [0.4, 0.5) is 0 Å². The van der Waals surface area contributed by atoms with E-state index in [1.54, 1.807) is 11.3 Å². The van der Waals surface area contributed by atoms with Crippen LogP contribution >= 0.6 is 11.3 Å². The van der Waals surface area contributed by atoms with Crippen molar-refractivity contribution in [2.45, 2.75) is 19.0 Å². The molecule has 0 saturated carbocycles. The lowest BCUT2D eigenvalue weighted by molar-refractivity contribution is 0.326. The Kier molecular flexibility index (Phi) is 2.95. The standard InChI is InChI=1S/C16H17N3S/c17-12-7-8-19(9-12)10-15-18-16-13-4-2-1-3-11(13)5-6-14(16)20-15/h1-6,12H,7-10,17H2. The maximum atomic E-state index is 5.97. The van der Waals surface area contributed by atoms with E-state index >= 15 is 0 Å². The molecular weight excluding hydrogens is 266 g/mol. The van der Waals surface area contributed by atoms with Crippen LogP contribution in [0.15, 0.2) is 36.4 Å². The van der Waals surface area contributed by atoms with E-state index in [1.165, 1.54) is 20.5 Å². The fourth-order valence-corrected chi connectivity index (χ4v) is 4.00. The minimum absolute atomic E-state index is 0.338. The molecule has 2 heterocycles. The highest BCUT2D eigenvalue weighted by Crippen LogP contribution is 2.30. The first-order valence-electron chi connectivity index (χ1n) is 7.05. The smallest absolute Gasteiger partial charge is 0.108 e. The van der Waals surface area contributed by atoms with Gasteiger partial charge in [0.25, 0.3) is 0 Å². The molecular formula is C16H17N3S. The van der Waals surface area contributed by atoms with E-state index in [2.05, 4.69) is 41.3 Å². The fourth-order valence-electron chi connectivity index (χ4n) is 2.97. The van der Waals surface area contributed by atoms with Crippen molar-refractivity contribution in [3.05, 3.63) is 41.4 Å². The predicted octanol–water partition coefficient (Wildman–Crippen LogP) is 2.98. The first-order valence-corrected chi connectivity index (χ1v) is 7.86. The summed E-state index contributed by atoms with van der Waals surface area (Å²) in [7, 11) is 0. The number of nitrogens with two attached hydrogens (primary N) is 1. The van der Waals surface area contributed by atoms with Crippen molar-refractivity contribution in [3.8, 4) is 0 Å². The Labute approximate surface area is 122 Å². The molecule has 0 aliphatic carbocycles. The molecule has 0 amide bonds. The van der Waals surface area contributed by atoms with Gasteiger partial charge in [-0.15, -0.1) is 11.3 Å². The SMILES string of the molecule is NC1CCN(Cc2nc3c(ccc4ccccc43)s2)C1. The molecule has 3 nitrogen and oxygen atoms in total. The summed E-state index contributed by atoms with van der Waals surface area (Å²) in [6.07, 6.45) is 1.10. The molecule has 1 saturated heterocycles. The summed E-state index contributed by atoms with van der Waals surface area (Å²) < 4.78 is 1.28. The third-order valence-electron chi connectivity index (χ3n) is 4.00. The predicted molar refractivity (Wildman–Crippen MR) is 85.0 cm³/mol. The number of rotatable bonds is 2. The molecule has 1 atom stereocenters. The van der Waals surface area contributed by atoms with Gasteiger partial charge >= 0.3 is 0 Å². The van der Waals surface area contributed by atoms with Gasteiger partial charge in [0.1, 0.15) is 5.01 Å². The van der Waals surface area contributed by atoms with Crippen molar-refractivity contribution in [3.63, 3.8) is 0 Å². The molecule has 102 valence electrons. The summed E-state index contributed by atoms with van der Waals surface area (Å²) in [6.45, 7) is 3.02. The summed E-state index contributed by atoms with van der Waals surface area (Å²) >= 11 is 1.81. The molecule has 1 aliphatic heterocycles. The van der Waals surface area contributed by atoms with Crippen LogP contribution in [0.1, 0.15) is 11.4 Å². The van der Waals surface area contributed by atoms with Crippen molar-refractivity contribution in [2.75, 3.05) is 13.1 Å². The van der Waals surface area contributed by atoms with Crippen LogP contribution in [0, 0.1) is 0 Å². The molecule has 1 aliphatic rings. The van der Waals surface area contributed by atoms with E-state index in [9.17, 15) is 0 Å². The van der Waals surface area contributed by atoms with Crippen molar-refractivity contribution >= 4 is 32.3 Å². The lowest BCUT2D eigenvalue weighted by atomic mass is 10.1. The van der Waals surface area contributed by atoms with E-state index in [4.69, 9.17) is 10.7 Å². The largest absolute Gasteiger partial charge is 0.326 e. The van der Waals surface area contributed by atoms with E-state index in [1.807, 2.05) is 0 Å². The molecule has 1 unspecified atom stereocenters. The van der Waals surface area contributed by atoms with Gasteiger partial charge in [0.2, 0.25) is 0 Å². The number of likely N-dealkylation sites (tertiary alicyclic amines) is 1. The second kappa shape index (κ2) is 4.81. The van der Waals surface area contributed by atoms with E-state index in [0.717, 1.165) is 31.6 Å². The fraction of sp³-hybridized carbons (Fsp3) is 0.312. The molecule has 1 fully saturated rings. The van der Waals surface area contributed by atoms with E-state index in [0.29, 0.717) is 6.04 Å². The van der Waals surface area contributed by atoms with Crippen LogP contribution in [0.2, 0.25) is 0 Å². The van der Waals surface area contributed by atoms with Gasteiger partial charge in [0.15, 0.2) is 0 Å². The number of aromatic nitrogens is 1. The number of thiazole rings is 1. The van der Waals surface area contributed by atoms with Gasteiger partial charge in [-0.25, -0.2) is 4.98 Å². The second-order valence-electron chi connectivity index (χ2n) is 5.52. The molecule has 1 aromatic heterocycles. The van der Waals surface area contributed by atoms with Gasteiger partial charge in [-0.1, -0.05) is 30.3 Å². The highest BCUT2D eigenvalue weighted by molar-refractivity contribution is 7.18. The van der Waals surface area contributed by atoms with E-state index in [-0.39, 0.29) is 0 Å². The van der Waals surface area contributed by atoms with Gasteiger partial charge in [0.05, 0.1) is 16.8 Å². The third kappa shape index (κ3) is 2.10. The first-order chi connectivity index (χ1) is 9.79. The summed E-state index contributed by atoms with van der Waals surface area (Å²) in [5, 5.41) is 3.72. The average molecular weight is 283 g/mol. The van der Waals surface area contributed by atoms with Gasteiger partial charge in [-0.3, -0.25) is 4.90 Å². The Morgan fingerprint density at radius 1 is 1.25 bits per heavy atom. The number of fused-ring (bicyclic) bond motifs is 3. The Morgan fingerprint density at radius 2 is 2.15 bits per heavy atom.